The van der Waals surface area contributed by atoms with E-state index in [1.54, 1.807) is 64.1 Å². The maximum absolute atomic E-state index is 12.7. The molecule has 8 heteroatoms. The van der Waals surface area contributed by atoms with Crippen molar-refractivity contribution in [3.05, 3.63) is 72.3 Å². The second kappa shape index (κ2) is 12.0. The SMILES string of the molecule is C=C(C)C(=O)Oc1ccc(-c2cc(OC(=O)C(=C)C)cc(C(=O)OCCOC(=O)C(C)(C)C)c2)cc1. The molecule has 0 amide bonds. The summed E-state index contributed by atoms with van der Waals surface area (Å²) < 4.78 is 20.9. The van der Waals surface area contributed by atoms with Crippen molar-refractivity contribution in [2.45, 2.75) is 34.6 Å². The molecular formula is C28H30O8. The molecule has 0 saturated carbocycles. The molecule has 0 atom stereocenters. The lowest BCUT2D eigenvalue weighted by atomic mass is 9.97. The highest BCUT2D eigenvalue weighted by atomic mass is 16.6. The number of hydrogen-bond acceptors (Lipinski definition) is 8. The number of esters is 4. The standard InChI is InChI=1S/C28H30O8/c1-17(2)24(29)35-22-10-8-19(9-11-22)20-14-21(16-23(15-20)36-25(30)18(3)4)26(31)33-12-13-34-27(32)28(5,6)7/h8-11,14-16H,1,3,12-13H2,2,4-7H3. The van der Waals surface area contributed by atoms with Crippen molar-refractivity contribution >= 4 is 23.9 Å². The van der Waals surface area contributed by atoms with Gasteiger partial charge in [-0.1, -0.05) is 25.3 Å². The Labute approximate surface area is 210 Å². The summed E-state index contributed by atoms with van der Waals surface area (Å²) in [5.41, 5.74) is 1.12. The summed E-state index contributed by atoms with van der Waals surface area (Å²) in [6.07, 6.45) is 0. The van der Waals surface area contributed by atoms with Crippen molar-refractivity contribution in [3.63, 3.8) is 0 Å². The molecular weight excluding hydrogens is 464 g/mol. The highest BCUT2D eigenvalue weighted by Gasteiger charge is 2.23. The van der Waals surface area contributed by atoms with Crippen LogP contribution in [0, 0.1) is 5.41 Å². The van der Waals surface area contributed by atoms with Crippen molar-refractivity contribution in [2.75, 3.05) is 13.2 Å². The lowest BCUT2D eigenvalue weighted by molar-refractivity contribution is -0.154. The Kier molecular flexibility index (Phi) is 9.32. The Hall–Kier alpha value is -4.20. The van der Waals surface area contributed by atoms with Gasteiger partial charge in [-0.25, -0.2) is 14.4 Å². The van der Waals surface area contributed by atoms with Crippen LogP contribution in [0.5, 0.6) is 11.5 Å². The van der Waals surface area contributed by atoms with Gasteiger partial charge >= 0.3 is 23.9 Å². The molecule has 0 saturated heterocycles. The smallest absolute Gasteiger partial charge is 0.338 e. The molecule has 36 heavy (non-hydrogen) atoms. The van der Waals surface area contributed by atoms with Crippen LogP contribution in [0.15, 0.2) is 66.8 Å². The first-order valence-electron chi connectivity index (χ1n) is 11.1. The van der Waals surface area contributed by atoms with Crippen molar-refractivity contribution in [2.24, 2.45) is 5.41 Å². The summed E-state index contributed by atoms with van der Waals surface area (Å²) in [7, 11) is 0. The summed E-state index contributed by atoms with van der Waals surface area (Å²) >= 11 is 0. The fourth-order valence-corrected chi connectivity index (χ4v) is 2.61. The molecule has 0 fully saturated rings. The molecule has 0 bridgehead atoms. The topological polar surface area (TPSA) is 105 Å². The van der Waals surface area contributed by atoms with E-state index in [9.17, 15) is 19.2 Å². The minimum Gasteiger partial charge on any atom is -0.462 e. The molecule has 0 heterocycles. The Balaban J connectivity index is 2.25. The maximum atomic E-state index is 12.7. The van der Waals surface area contributed by atoms with Gasteiger partial charge in [-0.15, -0.1) is 0 Å². The minimum absolute atomic E-state index is 0.0938. The average Bonchev–Trinajstić information content (AvgIpc) is 2.80. The third-order valence-electron chi connectivity index (χ3n) is 4.61. The molecule has 0 unspecified atom stereocenters. The molecule has 0 spiro atoms. The first kappa shape index (κ1) is 28.0. The molecule has 2 aromatic carbocycles. The second-order valence-corrected chi connectivity index (χ2v) is 9.13. The van der Waals surface area contributed by atoms with Crippen LogP contribution in [0.1, 0.15) is 45.0 Å². The van der Waals surface area contributed by atoms with Crippen molar-refractivity contribution in [1.29, 1.82) is 0 Å². The quantitative estimate of drug-likeness (QED) is 0.206. The summed E-state index contributed by atoms with van der Waals surface area (Å²) in [4.78, 5) is 48.3. The summed E-state index contributed by atoms with van der Waals surface area (Å²) in [5, 5.41) is 0. The number of ether oxygens (including phenoxy) is 4. The molecule has 190 valence electrons. The third kappa shape index (κ3) is 8.23. The van der Waals surface area contributed by atoms with Crippen LogP contribution in [0.3, 0.4) is 0 Å². The monoisotopic (exact) mass is 494 g/mol. The van der Waals surface area contributed by atoms with Gasteiger partial charge in [0.2, 0.25) is 0 Å². The van der Waals surface area contributed by atoms with Gasteiger partial charge in [0.25, 0.3) is 0 Å². The molecule has 2 aromatic rings. The molecule has 2 rings (SSSR count). The summed E-state index contributed by atoms with van der Waals surface area (Å²) in [6.45, 7) is 15.1. The number of carbonyl (C=O) groups excluding carboxylic acids is 4. The van der Waals surface area contributed by atoms with E-state index in [2.05, 4.69) is 13.2 Å². The van der Waals surface area contributed by atoms with E-state index in [-0.39, 0.29) is 35.7 Å². The van der Waals surface area contributed by atoms with E-state index >= 15 is 0 Å². The van der Waals surface area contributed by atoms with Crippen LogP contribution in [0.2, 0.25) is 0 Å². The number of rotatable bonds is 9. The number of hydrogen-bond donors (Lipinski definition) is 0. The molecule has 0 aliphatic rings. The van der Waals surface area contributed by atoms with E-state index in [0.29, 0.717) is 16.9 Å². The highest BCUT2D eigenvalue weighted by Crippen LogP contribution is 2.29. The van der Waals surface area contributed by atoms with E-state index in [4.69, 9.17) is 18.9 Å². The predicted molar refractivity (Wildman–Crippen MR) is 133 cm³/mol. The Morgan fingerprint density at radius 1 is 0.722 bits per heavy atom. The van der Waals surface area contributed by atoms with Crippen molar-refractivity contribution in [1.82, 2.24) is 0 Å². The zero-order chi connectivity index (χ0) is 27.0. The first-order valence-corrected chi connectivity index (χ1v) is 11.1. The van der Waals surface area contributed by atoms with E-state index in [1.165, 1.54) is 13.0 Å². The first-order chi connectivity index (χ1) is 16.8. The Bertz CT molecular complexity index is 1180. The molecule has 0 aliphatic heterocycles. The third-order valence-corrected chi connectivity index (χ3v) is 4.61. The molecule has 0 aromatic heterocycles. The van der Waals surface area contributed by atoms with E-state index in [0.717, 1.165) is 0 Å². The van der Waals surface area contributed by atoms with Crippen LogP contribution < -0.4 is 9.47 Å². The van der Waals surface area contributed by atoms with Crippen LogP contribution in [-0.4, -0.2) is 37.1 Å². The lowest BCUT2D eigenvalue weighted by Gasteiger charge is -2.16. The van der Waals surface area contributed by atoms with Crippen LogP contribution in [-0.2, 0) is 23.9 Å². The summed E-state index contributed by atoms with van der Waals surface area (Å²) in [5.74, 6) is -1.86. The molecule has 0 aliphatic carbocycles. The fraction of sp³-hybridized carbons (Fsp3) is 0.286. The highest BCUT2D eigenvalue weighted by molar-refractivity contribution is 5.93. The zero-order valence-corrected chi connectivity index (χ0v) is 21.1. The van der Waals surface area contributed by atoms with Gasteiger partial charge in [-0.3, -0.25) is 4.79 Å². The average molecular weight is 495 g/mol. The van der Waals surface area contributed by atoms with Crippen molar-refractivity contribution in [3.8, 4) is 22.6 Å². The van der Waals surface area contributed by atoms with Gasteiger partial charge in [-0.05, 0) is 76.1 Å². The van der Waals surface area contributed by atoms with Crippen LogP contribution in [0.25, 0.3) is 11.1 Å². The fourth-order valence-electron chi connectivity index (χ4n) is 2.61. The summed E-state index contributed by atoms with van der Waals surface area (Å²) in [6, 6.07) is 11.1. The second-order valence-electron chi connectivity index (χ2n) is 9.13. The van der Waals surface area contributed by atoms with Crippen molar-refractivity contribution < 1.29 is 38.1 Å². The zero-order valence-electron chi connectivity index (χ0n) is 21.1. The van der Waals surface area contributed by atoms with E-state index in [1.807, 2.05) is 0 Å². The molecule has 0 N–H and O–H groups in total. The van der Waals surface area contributed by atoms with Gasteiger partial charge in [0.05, 0.1) is 11.0 Å². The predicted octanol–water partition coefficient (Wildman–Crippen LogP) is 5.06. The normalized spacial score (nSPS) is 10.7. The number of benzene rings is 2. The maximum Gasteiger partial charge on any atom is 0.338 e. The van der Waals surface area contributed by atoms with Crippen LogP contribution >= 0.6 is 0 Å². The number of carbonyl (C=O) groups is 4. The minimum atomic E-state index is -0.691. The molecule has 0 radical (unpaired) electrons. The van der Waals surface area contributed by atoms with Gasteiger partial charge in [-0.2, -0.15) is 0 Å². The van der Waals surface area contributed by atoms with Crippen LogP contribution in [0.4, 0.5) is 0 Å². The van der Waals surface area contributed by atoms with Gasteiger partial charge in [0.1, 0.15) is 24.7 Å². The Morgan fingerprint density at radius 2 is 1.25 bits per heavy atom. The van der Waals surface area contributed by atoms with Gasteiger partial charge in [0.15, 0.2) is 0 Å². The van der Waals surface area contributed by atoms with Gasteiger partial charge < -0.3 is 18.9 Å². The Morgan fingerprint density at radius 3 is 1.78 bits per heavy atom. The van der Waals surface area contributed by atoms with E-state index < -0.39 is 29.3 Å². The van der Waals surface area contributed by atoms with Gasteiger partial charge in [0, 0.05) is 11.1 Å². The lowest BCUT2D eigenvalue weighted by Crippen LogP contribution is -2.25. The largest absolute Gasteiger partial charge is 0.462 e. The molecule has 8 nitrogen and oxygen atoms in total.